The van der Waals surface area contributed by atoms with E-state index in [2.05, 4.69) is 26.5 Å². The predicted octanol–water partition coefficient (Wildman–Crippen LogP) is 3.13. The predicted molar refractivity (Wildman–Crippen MR) is 97.1 cm³/mol. The Balaban J connectivity index is 1.68. The van der Waals surface area contributed by atoms with Crippen LogP contribution in [0, 0.1) is 25.2 Å². The van der Waals surface area contributed by atoms with Crippen LogP contribution >= 0.6 is 0 Å². The van der Waals surface area contributed by atoms with Crippen molar-refractivity contribution in [2.24, 2.45) is 0 Å². The standard InChI is InChI=1S/C19H14N6O2/c1-11-3-5-14(18-22-12(2)27-24-18)7-15(11)23-19(26)16-9-21-17-6-4-13(8-20)10-25(16)17/h3-7,9-10H,1-2H3,(H,23,26). The summed E-state index contributed by atoms with van der Waals surface area (Å²) in [6.45, 7) is 3.61. The van der Waals surface area contributed by atoms with Crippen LogP contribution in [0.1, 0.15) is 27.5 Å². The highest BCUT2D eigenvalue weighted by Crippen LogP contribution is 2.24. The van der Waals surface area contributed by atoms with Gasteiger partial charge in [-0.25, -0.2) is 4.98 Å². The highest BCUT2D eigenvalue weighted by molar-refractivity contribution is 6.04. The molecule has 27 heavy (non-hydrogen) atoms. The third kappa shape index (κ3) is 3.02. The van der Waals surface area contributed by atoms with Crippen molar-refractivity contribution in [1.82, 2.24) is 19.5 Å². The Hall–Kier alpha value is -3.99. The maximum Gasteiger partial charge on any atom is 0.274 e. The normalized spacial score (nSPS) is 10.7. The third-order valence-electron chi connectivity index (χ3n) is 4.14. The molecule has 0 atom stereocenters. The number of hydrogen-bond donors (Lipinski definition) is 1. The number of hydrogen-bond acceptors (Lipinski definition) is 6. The second kappa shape index (κ2) is 6.38. The summed E-state index contributed by atoms with van der Waals surface area (Å²) in [6, 6.07) is 10.9. The SMILES string of the molecule is Cc1nc(-c2ccc(C)c(NC(=O)c3cnc4ccc(C#N)cn34)c2)no1. The first-order valence-electron chi connectivity index (χ1n) is 8.15. The molecule has 1 aromatic carbocycles. The molecule has 1 amide bonds. The summed E-state index contributed by atoms with van der Waals surface area (Å²) < 4.78 is 6.61. The van der Waals surface area contributed by atoms with Crippen molar-refractivity contribution in [3.8, 4) is 17.5 Å². The number of carbonyl (C=O) groups excluding carboxylic acids is 1. The molecule has 8 nitrogen and oxygen atoms in total. The number of pyridine rings is 1. The molecule has 0 unspecified atom stereocenters. The summed E-state index contributed by atoms with van der Waals surface area (Å²) in [4.78, 5) is 21.2. The molecule has 0 saturated heterocycles. The van der Waals surface area contributed by atoms with E-state index < -0.39 is 0 Å². The lowest BCUT2D eigenvalue weighted by molar-refractivity contribution is 0.102. The summed E-state index contributed by atoms with van der Waals surface area (Å²) in [5.41, 5.74) is 3.62. The second-order valence-corrected chi connectivity index (χ2v) is 6.02. The van der Waals surface area contributed by atoms with Crippen LogP contribution < -0.4 is 5.32 Å². The van der Waals surface area contributed by atoms with E-state index in [1.165, 1.54) is 6.20 Å². The van der Waals surface area contributed by atoms with Gasteiger partial charge >= 0.3 is 0 Å². The molecule has 0 aliphatic carbocycles. The molecule has 4 rings (SSSR count). The van der Waals surface area contributed by atoms with Gasteiger partial charge in [0.2, 0.25) is 11.7 Å². The lowest BCUT2D eigenvalue weighted by Gasteiger charge is -2.09. The van der Waals surface area contributed by atoms with Crippen LogP contribution in [0.5, 0.6) is 0 Å². The van der Waals surface area contributed by atoms with Crippen LogP contribution in [0.4, 0.5) is 5.69 Å². The van der Waals surface area contributed by atoms with Gasteiger partial charge in [-0.05, 0) is 30.7 Å². The number of fused-ring (bicyclic) bond motifs is 1. The fraction of sp³-hybridized carbons (Fsp3) is 0.105. The topological polar surface area (TPSA) is 109 Å². The Morgan fingerprint density at radius 1 is 1.26 bits per heavy atom. The molecule has 0 radical (unpaired) electrons. The minimum Gasteiger partial charge on any atom is -0.339 e. The Kier molecular flexibility index (Phi) is 3.90. The number of aryl methyl sites for hydroxylation is 2. The summed E-state index contributed by atoms with van der Waals surface area (Å²) >= 11 is 0. The average molecular weight is 358 g/mol. The number of nitrogens with one attached hydrogen (secondary N) is 1. The fourth-order valence-electron chi connectivity index (χ4n) is 2.71. The van der Waals surface area contributed by atoms with Gasteiger partial charge in [-0.2, -0.15) is 10.2 Å². The van der Waals surface area contributed by atoms with E-state index in [0.717, 1.165) is 11.1 Å². The number of carbonyl (C=O) groups is 1. The van der Waals surface area contributed by atoms with Gasteiger partial charge in [-0.3, -0.25) is 9.20 Å². The quantitative estimate of drug-likeness (QED) is 0.602. The van der Waals surface area contributed by atoms with Crippen LogP contribution in [0.25, 0.3) is 17.0 Å². The zero-order valence-corrected chi connectivity index (χ0v) is 14.6. The molecule has 3 heterocycles. The van der Waals surface area contributed by atoms with E-state index in [4.69, 9.17) is 9.78 Å². The minimum absolute atomic E-state index is 0.331. The Morgan fingerprint density at radius 2 is 2.11 bits per heavy atom. The zero-order valence-electron chi connectivity index (χ0n) is 14.6. The molecule has 3 aromatic heterocycles. The van der Waals surface area contributed by atoms with Gasteiger partial charge in [0.25, 0.3) is 5.91 Å². The molecule has 0 bridgehead atoms. The van der Waals surface area contributed by atoms with Crippen LogP contribution in [0.15, 0.2) is 47.2 Å². The zero-order chi connectivity index (χ0) is 19.0. The molecule has 0 spiro atoms. The maximum absolute atomic E-state index is 12.8. The van der Waals surface area contributed by atoms with Crippen molar-refractivity contribution in [2.45, 2.75) is 13.8 Å². The van der Waals surface area contributed by atoms with E-state index >= 15 is 0 Å². The molecule has 132 valence electrons. The first kappa shape index (κ1) is 16.5. The second-order valence-electron chi connectivity index (χ2n) is 6.02. The Morgan fingerprint density at radius 3 is 2.85 bits per heavy atom. The highest BCUT2D eigenvalue weighted by atomic mass is 16.5. The molecule has 1 N–H and O–H groups in total. The van der Waals surface area contributed by atoms with Crippen LogP contribution in [0.3, 0.4) is 0 Å². The largest absolute Gasteiger partial charge is 0.339 e. The maximum atomic E-state index is 12.8. The molecule has 0 aliphatic rings. The van der Waals surface area contributed by atoms with Gasteiger partial charge in [0.1, 0.15) is 17.4 Å². The van der Waals surface area contributed by atoms with Gasteiger partial charge in [0, 0.05) is 24.4 Å². The van der Waals surface area contributed by atoms with Crippen LogP contribution in [-0.4, -0.2) is 25.4 Å². The fourth-order valence-corrected chi connectivity index (χ4v) is 2.71. The third-order valence-corrected chi connectivity index (χ3v) is 4.14. The number of imidazole rings is 1. The number of rotatable bonds is 3. The van der Waals surface area contributed by atoms with Crippen LogP contribution in [0.2, 0.25) is 0 Å². The van der Waals surface area contributed by atoms with Crippen molar-refractivity contribution in [1.29, 1.82) is 5.26 Å². The van der Waals surface area contributed by atoms with E-state index in [-0.39, 0.29) is 5.91 Å². The van der Waals surface area contributed by atoms with E-state index in [1.54, 1.807) is 35.7 Å². The molecule has 4 aromatic rings. The summed E-state index contributed by atoms with van der Waals surface area (Å²) in [5.74, 6) is 0.591. The minimum atomic E-state index is -0.331. The molecule has 0 saturated carbocycles. The van der Waals surface area contributed by atoms with Crippen molar-refractivity contribution in [2.75, 3.05) is 5.32 Å². The molecular formula is C19H14N6O2. The number of nitriles is 1. The number of aromatic nitrogens is 4. The van der Waals surface area contributed by atoms with Crippen molar-refractivity contribution in [3.05, 3.63) is 65.4 Å². The van der Waals surface area contributed by atoms with Crippen molar-refractivity contribution in [3.63, 3.8) is 0 Å². The average Bonchev–Trinajstić information content (AvgIpc) is 3.29. The number of anilines is 1. The van der Waals surface area contributed by atoms with Gasteiger partial charge in [-0.1, -0.05) is 17.3 Å². The van der Waals surface area contributed by atoms with E-state index in [1.807, 2.05) is 19.1 Å². The van der Waals surface area contributed by atoms with Crippen LogP contribution in [-0.2, 0) is 0 Å². The molecular weight excluding hydrogens is 344 g/mol. The number of benzene rings is 1. The molecule has 0 aliphatic heterocycles. The van der Waals surface area contributed by atoms with Gasteiger partial charge in [0.05, 0.1) is 11.8 Å². The number of amides is 1. The van der Waals surface area contributed by atoms with Crippen molar-refractivity contribution < 1.29 is 9.32 Å². The van der Waals surface area contributed by atoms with Gasteiger partial charge < -0.3 is 9.84 Å². The van der Waals surface area contributed by atoms with E-state index in [9.17, 15) is 4.79 Å². The monoisotopic (exact) mass is 358 g/mol. The van der Waals surface area contributed by atoms with Crippen molar-refractivity contribution >= 4 is 17.2 Å². The highest BCUT2D eigenvalue weighted by Gasteiger charge is 2.15. The van der Waals surface area contributed by atoms with E-state index in [0.29, 0.717) is 34.3 Å². The lowest BCUT2D eigenvalue weighted by Crippen LogP contribution is -2.15. The number of nitrogens with zero attached hydrogens (tertiary/aromatic N) is 5. The van der Waals surface area contributed by atoms with Gasteiger partial charge in [0.15, 0.2) is 0 Å². The first-order valence-corrected chi connectivity index (χ1v) is 8.15. The Bertz CT molecular complexity index is 1210. The lowest BCUT2D eigenvalue weighted by atomic mass is 10.1. The summed E-state index contributed by atoms with van der Waals surface area (Å²) in [6.07, 6.45) is 3.07. The summed E-state index contributed by atoms with van der Waals surface area (Å²) in [5, 5.41) is 15.9. The molecule has 0 fully saturated rings. The smallest absolute Gasteiger partial charge is 0.274 e. The summed E-state index contributed by atoms with van der Waals surface area (Å²) in [7, 11) is 0. The first-order chi connectivity index (χ1) is 13.0. The Labute approximate surface area is 154 Å². The van der Waals surface area contributed by atoms with Gasteiger partial charge in [-0.15, -0.1) is 0 Å². The molecule has 8 heteroatoms.